The van der Waals surface area contributed by atoms with Gasteiger partial charge < -0.3 is 0 Å². The molecule has 0 bridgehead atoms. The van der Waals surface area contributed by atoms with Crippen LogP contribution in [0.4, 0.5) is 0 Å². The molecule has 0 aliphatic rings. The largest absolute Gasteiger partial charge is 0.231 e. The standard InChI is InChI=1S/C16H9N3/c17-10-9-12-11-5-2-4-8-15(11)19-16(12)13-6-1-3-7-14(13)18-19/h1-9H. The Kier molecular flexibility index (Phi) is 1.89. The lowest BCUT2D eigenvalue weighted by molar-refractivity contribution is 1.04. The van der Waals surface area contributed by atoms with E-state index in [1.807, 2.05) is 53.0 Å². The summed E-state index contributed by atoms with van der Waals surface area (Å²) in [6, 6.07) is 18.2. The minimum atomic E-state index is 0.951. The van der Waals surface area contributed by atoms with Crippen LogP contribution in [0.2, 0.25) is 0 Å². The van der Waals surface area contributed by atoms with E-state index >= 15 is 0 Å². The van der Waals surface area contributed by atoms with Crippen molar-refractivity contribution in [2.24, 2.45) is 0 Å². The number of hydrogen-bond donors (Lipinski definition) is 0. The smallest absolute Gasteiger partial charge is 0.0934 e. The van der Waals surface area contributed by atoms with Crippen molar-refractivity contribution in [3.8, 4) is 6.07 Å². The van der Waals surface area contributed by atoms with Crippen molar-refractivity contribution in [1.29, 1.82) is 5.26 Å². The molecular formula is C16H9N3. The van der Waals surface area contributed by atoms with E-state index in [1.165, 1.54) is 0 Å². The minimum absolute atomic E-state index is 0.951. The molecule has 2 aromatic heterocycles. The monoisotopic (exact) mass is 243 g/mol. The molecule has 0 spiro atoms. The Morgan fingerprint density at radius 3 is 2.58 bits per heavy atom. The molecule has 0 saturated heterocycles. The highest BCUT2D eigenvalue weighted by atomic mass is 15.2. The van der Waals surface area contributed by atoms with E-state index in [2.05, 4.69) is 11.2 Å². The van der Waals surface area contributed by atoms with Crippen molar-refractivity contribution in [3.05, 3.63) is 53.7 Å². The van der Waals surface area contributed by atoms with Gasteiger partial charge in [0.05, 0.1) is 22.6 Å². The van der Waals surface area contributed by atoms with Crippen molar-refractivity contribution in [2.45, 2.75) is 0 Å². The SMILES string of the molecule is N#CC=c1c2ccccc2n2nc3ccccc3c12. The van der Waals surface area contributed by atoms with Gasteiger partial charge in [-0.25, -0.2) is 4.52 Å². The van der Waals surface area contributed by atoms with Crippen LogP contribution < -0.4 is 5.22 Å². The molecule has 0 radical (unpaired) electrons. The van der Waals surface area contributed by atoms with E-state index in [-0.39, 0.29) is 0 Å². The number of hydrogen-bond acceptors (Lipinski definition) is 2. The summed E-state index contributed by atoms with van der Waals surface area (Å²) in [5, 5.41) is 16.8. The fourth-order valence-corrected chi connectivity index (χ4v) is 2.69. The van der Waals surface area contributed by atoms with Crippen molar-refractivity contribution in [2.75, 3.05) is 0 Å². The van der Waals surface area contributed by atoms with Gasteiger partial charge in [-0.05, 0) is 12.1 Å². The number of nitriles is 1. The molecule has 0 aliphatic heterocycles. The second-order valence-corrected chi connectivity index (χ2v) is 4.48. The van der Waals surface area contributed by atoms with Crippen molar-refractivity contribution in [1.82, 2.24) is 9.61 Å². The van der Waals surface area contributed by atoms with Gasteiger partial charge in [0, 0.05) is 22.1 Å². The second kappa shape index (κ2) is 3.56. The number of nitrogens with zero attached hydrogens (tertiary/aromatic N) is 3. The van der Waals surface area contributed by atoms with E-state index in [1.54, 1.807) is 6.08 Å². The molecule has 4 rings (SSSR count). The molecule has 0 atom stereocenters. The number of rotatable bonds is 0. The summed E-state index contributed by atoms with van der Waals surface area (Å²) in [5.41, 5.74) is 3.00. The lowest BCUT2D eigenvalue weighted by atomic mass is 10.1. The Balaban J connectivity index is 2.44. The highest BCUT2D eigenvalue weighted by Crippen LogP contribution is 2.22. The van der Waals surface area contributed by atoms with Crippen LogP contribution >= 0.6 is 0 Å². The van der Waals surface area contributed by atoms with Gasteiger partial charge in [0.15, 0.2) is 0 Å². The highest BCUT2D eigenvalue weighted by molar-refractivity contribution is 6.02. The molecule has 0 fully saturated rings. The number of benzene rings is 2. The van der Waals surface area contributed by atoms with Gasteiger partial charge in [-0.1, -0.05) is 36.4 Å². The summed E-state index contributed by atoms with van der Waals surface area (Å²) >= 11 is 0. The summed E-state index contributed by atoms with van der Waals surface area (Å²) in [4.78, 5) is 0. The van der Waals surface area contributed by atoms with Crippen LogP contribution in [-0.4, -0.2) is 9.61 Å². The number of fused-ring (bicyclic) bond motifs is 5. The maximum Gasteiger partial charge on any atom is 0.0934 e. The number of para-hydroxylation sites is 1. The summed E-state index contributed by atoms with van der Waals surface area (Å²) < 4.78 is 1.93. The fraction of sp³-hybridized carbons (Fsp3) is 0. The second-order valence-electron chi connectivity index (χ2n) is 4.48. The fourth-order valence-electron chi connectivity index (χ4n) is 2.69. The quantitative estimate of drug-likeness (QED) is 0.476. The molecule has 0 saturated carbocycles. The average Bonchev–Trinajstić information content (AvgIpc) is 2.96. The van der Waals surface area contributed by atoms with Crippen molar-refractivity contribution < 1.29 is 0 Å². The van der Waals surface area contributed by atoms with Gasteiger partial charge in [0.25, 0.3) is 0 Å². The molecule has 0 N–H and O–H groups in total. The summed E-state index contributed by atoms with van der Waals surface area (Å²) in [5.74, 6) is 0. The number of aromatic nitrogens is 2. The normalized spacial score (nSPS) is 12.5. The van der Waals surface area contributed by atoms with E-state index in [4.69, 9.17) is 5.26 Å². The van der Waals surface area contributed by atoms with Gasteiger partial charge in [-0.15, -0.1) is 0 Å². The molecule has 4 aromatic rings. The molecule has 88 valence electrons. The lowest BCUT2D eigenvalue weighted by Gasteiger charge is -1.89. The third kappa shape index (κ3) is 1.23. The molecule has 2 heterocycles. The first-order valence-electron chi connectivity index (χ1n) is 6.08. The first-order valence-corrected chi connectivity index (χ1v) is 6.08. The molecule has 2 aromatic carbocycles. The molecule has 0 aliphatic carbocycles. The first-order chi connectivity index (χ1) is 9.40. The van der Waals surface area contributed by atoms with Crippen molar-refractivity contribution in [3.63, 3.8) is 0 Å². The molecule has 3 heteroatoms. The van der Waals surface area contributed by atoms with Crippen LogP contribution in [0.15, 0.2) is 48.5 Å². The topological polar surface area (TPSA) is 41.1 Å². The van der Waals surface area contributed by atoms with Gasteiger partial charge in [-0.3, -0.25) is 0 Å². The van der Waals surface area contributed by atoms with Gasteiger partial charge >= 0.3 is 0 Å². The van der Waals surface area contributed by atoms with Gasteiger partial charge in [-0.2, -0.15) is 10.4 Å². The maximum atomic E-state index is 9.03. The zero-order valence-corrected chi connectivity index (χ0v) is 10.0. The third-order valence-electron chi connectivity index (χ3n) is 3.47. The van der Waals surface area contributed by atoms with Crippen LogP contribution in [0.5, 0.6) is 0 Å². The van der Waals surface area contributed by atoms with Crippen LogP contribution in [0.3, 0.4) is 0 Å². The third-order valence-corrected chi connectivity index (χ3v) is 3.47. The molecule has 3 nitrogen and oxygen atoms in total. The molecule has 0 amide bonds. The predicted molar refractivity (Wildman–Crippen MR) is 75.5 cm³/mol. The lowest BCUT2D eigenvalue weighted by Crippen LogP contribution is -1.97. The van der Waals surface area contributed by atoms with Gasteiger partial charge in [0.2, 0.25) is 0 Å². The van der Waals surface area contributed by atoms with E-state index in [0.29, 0.717) is 0 Å². The Morgan fingerprint density at radius 2 is 1.74 bits per heavy atom. The van der Waals surface area contributed by atoms with Crippen LogP contribution in [0.1, 0.15) is 0 Å². The average molecular weight is 243 g/mol. The molecule has 0 unspecified atom stereocenters. The maximum absolute atomic E-state index is 9.03. The van der Waals surface area contributed by atoms with Crippen molar-refractivity contribution >= 4 is 33.4 Å². The van der Waals surface area contributed by atoms with Crippen LogP contribution in [-0.2, 0) is 0 Å². The highest BCUT2D eigenvalue weighted by Gasteiger charge is 2.12. The zero-order chi connectivity index (χ0) is 12.8. The Hall–Kier alpha value is -2.86. The van der Waals surface area contributed by atoms with Crippen LogP contribution in [0.25, 0.3) is 33.4 Å². The predicted octanol–water partition coefficient (Wildman–Crippen LogP) is 2.66. The van der Waals surface area contributed by atoms with Gasteiger partial charge in [0.1, 0.15) is 0 Å². The summed E-state index contributed by atoms with van der Waals surface area (Å²) in [6.07, 6.45) is 1.60. The van der Waals surface area contributed by atoms with E-state index in [0.717, 1.165) is 32.5 Å². The Bertz CT molecular complexity index is 1010. The summed E-state index contributed by atoms with van der Waals surface area (Å²) in [6.45, 7) is 0. The Labute approximate surface area is 109 Å². The molecule has 19 heavy (non-hydrogen) atoms. The Morgan fingerprint density at radius 1 is 1.00 bits per heavy atom. The first kappa shape index (κ1) is 10.1. The van der Waals surface area contributed by atoms with E-state index in [9.17, 15) is 0 Å². The van der Waals surface area contributed by atoms with E-state index < -0.39 is 0 Å². The minimum Gasteiger partial charge on any atom is -0.231 e. The summed E-state index contributed by atoms with van der Waals surface area (Å²) in [7, 11) is 0. The molecular weight excluding hydrogens is 234 g/mol. The van der Waals surface area contributed by atoms with Crippen LogP contribution in [0, 0.1) is 11.3 Å². The zero-order valence-electron chi connectivity index (χ0n) is 10.0.